The Hall–Kier alpha value is -0.900. The quantitative estimate of drug-likeness (QED) is 0.520. The SMILES string of the molecule is CC1=NC(CN)C(=O)N1C. The Morgan fingerprint density at radius 3 is 2.60 bits per heavy atom. The molecule has 1 amide bonds. The van der Waals surface area contributed by atoms with E-state index in [4.69, 9.17) is 5.73 Å². The number of hydrogen-bond donors (Lipinski definition) is 1. The Bertz CT molecular complexity index is 187. The third-order valence-electron chi connectivity index (χ3n) is 1.67. The molecular formula is C6H11N3O. The van der Waals surface area contributed by atoms with Gasteiger partial charge < -0.3 is 10.6 Å². The summed E-state index contributed by atoms with van der Waals surface area (Å²) in [6.07, 6.45) is 0. The molecule has 0 aromatic heterocycles. The number of likely N-dealkylation sites (N-methyl/N-ethyl adjacent to an activating group) is 1. The first-order valence-corrected chi connectivity index (χ1v) is 3.19. The highest BCUT2D eigenvalue weighted by molar-refractivity contribution is 6.04. The molecule has 1 aliphatic rings. The molecule has 0 aromatic carbocycles. The van der Waals surface area contributed by atoms with Gasteiger partial charge in [0.2, 0.25) is 0 Å². The summed E-state index contributed by atoms with van der Waals surface area (Å²) < 4.78 is 0. The van der Waals surface area contributed by atoms with Gasteiger partial charge in [0, 0.05) is 13.6 Å². The van der Waals surface area contributed by atoms with E-state index in [1.165, 1.54) is 4.90 Å². The number of carbonyl (C=O) groups excluding carboxylic acids is 1. The molecule has 0 bridgehead atoms. The molecule has 0 saturated heterocycles. The molecule has 4 nitrogen and oxygen atoms in total. The van der Waals surface area contributed by atoms with Crippen molar-refractivity contribution in [1.82, 2.24) is 4.90 Å². The Morgan fingerprint density at radius 2 is 2.40 bits per heavy atom. The van der Waals surface area contributed by atoms with Crippen LogP contribution >= 0.6 is 0 Å². The highest BCUT2D eigenvalue weighted by Crippen LogP contribution is 2.06. The van der Waals surface area contributed by atoms with E-state index in [1.54, 1.807) is 14.0 Å². The van der Waals surface area contributed by atoms with Crippen molar-refractivity contribution in [2.24, 2.45) is 10.7 Å². The number of amides is 1. The van der Waals surface area contributed by atoms with Gasteiger partial charge in [0.25, 0.3) is 5.91 Å². The average Bonchev–Trinajstić information content (AvgIpc) is 2.17. The van der Waals surface area contributed by atoms with Crippen molar-refractivity contribution in [2.45, 2.75) is 13.0 Å². The second-order valence-corrected chi connectivity index (χ2v) is 2.33. The van der Waals surface area contributed by atoms with Crippen LogP contribution in [0.2, 0.25) is 0 Å². The average molecular weight is 141 g/mol. The number of carbonyl (C=O) groups is 1. The Kier molecular flexibility index (Phi) is 1.72. The molecule has 10 heavy (non-hydrogen) atoms. The zero-order valence-corrected chi connectivity index (χ0v) is 6.16. The van der Waals surface area contributed by atoms with E-state index < -0.39 is 0 Å². The van der Waals surface area contributed by atoms with Gasteiger partial charge in [0.15, 0.2) is 0 Å². The molecule has 1 rings (SSSR count). The maximum Gasteiger partial charge on any atom is 0.253 e. The predicted molar refractivity (Wildman–Crippen MR) is 38.7 cm³/mol. The van der Waals surface area contributed by atoms with Gasteiger partial charge in [-0.15, -0.1) is 0 Å². The Balaban J connectivity index is 2.76. The van der Waals surface area contributed by atoms with Gasteiger partial charge >= 0.3 is 0 Å². The van der Waals surface area contributed by atoms with Crippen LogP contribution < -0.4 is 5.73 Å². The first-order valence-electron chi connectivity index (χ1n) is 3.19. The summed E-state index contributed by atoms with van der Waals surface area (Å²) >= 11 is 0. The number of rotatable bonds is 1. The van der Waals surface area contributed by atoms with Crippen molar-refractivity contribution in [1.29, 1.82) is 0 Å². The van der Waals surface area contributed by atoms with Crippen molar-refractivity contribution in [3.63, 3.8) is 0 Å². The maximum absolute atomic E-state index is 11.1. The molecule has 0 fully saturated rings. The van der Waals surface area contributed by atoms with Gasteiger partial charge in [-0.2, -0.15) is 0 Å². The minimum absolute atomic E-state index is 0.000000000000000444. The number of hydrogen-bond acceptors (Lipinski definition) is 3. The topological polar surface area (TPSA) is 58.7 Å². The molecule has 0 radical (unpaired) electrons. The molecule has 0 spiro atoms. The Morgan fingerprint density at radius 1 is 1.80 bits per heavy atom. The first-order chi connectivity index (χ1) is 4.66. The molecule has 0 aromatic rings. The van der Waals surface area contributed by atoms with Crippen molar-refractivity contribution >= 4 is 11.7 Å². The number of amidine groups is 1. The summed E-state index contributed by atoms with van der Waals surface area (Å²) in [5.41, 5.74) is 5.29. The molecule has 1 atom stereocenters. The van der Waals surface area contributed by atoms with Gasteiger partial charge in [-0.3, -0.25) is 9.79 Å². The summed E-state index contributed by atoms with van der Waals surface area (Å²) in [6, 6.07) is -0.329. The van der Waals surface area contributed by atoms with Gasteiger partial charge in [0.1, 0.15) is 11.9 Å². The molecule has 1 unspecified atom stereocenters. The third-order valence-corrected chi connectivity index (χ3v) is 1.67. The molecule has 2 N–H and O–H groups in total. The van der Waals surface area contributed by atoms with Gasteiger partial charge in [-0.1, -0.05) is 0 Å². The minimum atomic E-state index is -0.329. The highest BCUT2D eigenvalue weighted by atomic mass is 16.2. The normalized spacial score (nSPS) is 25.5. The van der Waals surface area contributed by atoms with Crippen molar-refractivity contribution < 1.29 is 4.79 Å². The summed E-state index contributed by atoms with van der Waals surface area (Å²) in [5.74, 6) is 0.750. The monoisotopic (exact) mass is 141 g/mol. The Labute approximate surface area is 59.7 Å². The molecular weight excluding hydrogens is 130 g/mol. The second kappa shape index (κ2) is 2.38. The van der Waals surface area contributed by atoms with Crippen LogP contribution in [-0.4, -0.2) is 36.3 Å². The largest absolute Gasteiger partial charge is 0.328 e. The van der Waals surface area contributed by atoms with Crippen LogP contribution in [-0.2, 0) is 4.79 Å². The first kappa shape index (κ1) is 7.21. The summed E-state index contributed by atoms with van der Waals surface area (Å²) in [5, 5.41) is 0. The maximum atomic E-state index is 11.1. The smallest absolute Gasteiger partial charge is 0.253 e. The van der Waals surface area contributed by atoms with Gasteiger partial charge in [0.05, 0.1) is 0 Å². The predicted octanol–water partition coefficient (Wildman–Crippen LogP) is -0.796. The van der Waals surface area contributed by atoms with Crippen molar-refractivity contribution in [2.75, 3.05) is 13.6 Å². The zero-order chi connectivity index (χ0) is 7.72. The highest BCUT2D eigenvalue weighted by Gasteiger charge is 2.27. The second-order valence-electron chi connectivity index (χ2n) is 2.33. The van der Waals surface area contributed by atoms with Gasteiger partial charge in [-0.05, 0) is 6.92 Å². The molecule has 0 aliphatic carbocycles. The zero-order valence-electron chi connectivity index (χ0n) is 6.16. The summed E-state index contributed by atoms with van der Waals surface area (Å²) in [6.45, 7) is 2.11. The fourth-order valence-electron chi connectivity index (χ4n) is 0.904. The molecule has 1 heterocycles. The molecule has 56 valence electrons. The lowest BCUT2D eigenvalue weighted by molar-refractivity contribution is -0.126. The molecule has 0 saturated carbocycles. The molecule has 1 aliphatic heterocycles. The lowest BCUT2D eigenvalue weighted by Gasteiger charge is -2.08. The van der Waals surface area contributed by atoms with E-state index in [0.717, 1.165) is 5.84 Å². The fraction of sp³-hybridized carbons (Fsp3) is 0.667. The fourth-order valence-corrected chi connectivity index (χ4v) is 0.904. The van der Waals surface area contributed by atoms with Crippen molar-refractivity contribution in [3.05, 3.63) is 0 Å². The van der Waals surface area contributed by atoms with Crippen LogP contribution in [0.1, 0.15) is 6.92 Å². The van der Waals surface area contributed by atoms with Crippen LogP contribution in [0.25, 0.3) is 0 Å². The standard InChI is InChI=1S/C6H11N3O/c1-4-8-5(3-7)6(10)9(4)2/h5H,3,7H2,1-2H3. The van der Waals surface area contributed by atoms with Crippen LogP contribution in [0.3, 0.4) is 0 Å². The van der Waals surface area contributed by atoms with E-state index in [9.17, 15) is 4.79 Å². The van der Waals surface area contributed by atoms with Crippen LogP contribution in [0.4, 0.5) is 0 Å². The number of nitrogens with zero attached hydrogens (tertiary/aromatic N) is 2. The van der Waals surface area contributed by atoms with E-state index in [2.05, 4.69) is 4.99 Å². The van der Waals surface area contributed by atoms with E-state index in [1.807, 2.05) is 0 Å². The van der Waals surface area contributed by atoms with E-state index in [-0.39, 0.29) is 11.9 Å². The summed E-state index contributed by atoms with van der Waals surface area (Å²) in [4.78, 5) is 16.6. The van der Waals surface area contributed by atoms with Crippen LogP contribution in [0, 0.1) is 0 Å². The number of nitrogens with two attached hydrogens (primary N) is 1. The lowest BCUT2D eigenvalue weighted by atomic mass is 10.3. The minimum Gasteiger partial charge on any atom is -0.328 e. The molecule has 4 heteroatoms. The third kappa shape index (κ3) is 0.903. The van der Waals surface area contributed by atoms with Crippen LogP contribution in [0.5, 0.6) is 0 Å². The van der Waals surface area contributed by atoms with Gasteiger partial charge in [-0.25, -0.2) is 0 Å². The van der Waals surface area contributed by atoms with E-state index in [0.29, 0.717) is 6.54 Å². The van der Waals surface area contributed by atoms with Crippen LogP contribution in [0.15, 0.2) is 4.99 Å². The van der Waals surface area contributed by atoms with Crippen molar-refractivity contribution in [3.8, 4) is 0 Å². The number of aliphatic imine (C=N–C) groups is 1. The summed E-state index contributed by atoms with van der Waals surface area (Å²) in [7, 11) is 1.71. The van der Waals surface area contributed by atoms with E-state index >= 15 is 0 Å². The lowest BCUT2D eigenvalue weighted by Crippen LogP contribution is -2.33.